The Morgan fingerprint density at radius 1 is 1.22 bits per heavy atom. The van der Waals surface area contributed by atoms with E-state index in [9.17, 15) is 0 Å². The van der Waals surface area contributed by atoms with Gasteiger partial charge in [0.15, 0.2) is 0 Å². The van der Waals surface area contributed by atoms with E-state index in [2.05, 4.69) is 46.1 Å². The summed E-state index contributed by atoms with van der Waals surface area (Å²) in [7, 11) is 4.07. The fraction of sp³-hybridized carbons (Fsp3) is 0.286. The SMILES string of the molecule is CCc1c(-c2ccc(N(C)C)cc2)[nH]cnc1=S. The molecule has 0 spiro atoms. The smallest absolute Gasteiger partial charge is 0.133 e. The van der Waals surface area contributed by atoms with Crippen LogP contribution in [0, 0.1) is 4.64 Å². The summed E-state index contributed by atoms with van der Waals surface area (Å²) in [5.41, 5.74) is 4.50. The van der Waals surface area contributed by atoms with E-state index in [1.165, 1.54) is 5.69 Å². The summed E-state index contributed by atoms with van der Waals surface area (Å²) in [5.74, 6) is 0. The van der Waals surface area contributed by atoms with Gasteiger partial charge >= 0.3 is 0 Å². The number of nitrogens with zero attached hydrogens (tertiary/aromatic N) is 2. The van der Waals surface area contributed by atoms with Crippen molar-refractivity contribution in [3.05, 3.63) is 40.8 Å². The lowest BCUT2D eigenvalue weighted by Gasteiger charge is -2.13. The fourth-order valence-corrected chi connectivity index (χ4v) is 2.24. The molecular weight excluding hydrogens is 242 g/mol. The average molecular weight is 259 g/mol. The van der Waals surface area contributed by atoms with E-state index in [0.717, 1.165) is 23.2 Å². The van der Waals surface area contributed by atoms with Gasteiger partial charge in [-0.3, -0.25) is 0 Å². The van der Waals surface area contributed by atoms with Gasteiger partial charge in [-0.2, -0.15) is 0 Å². The molecule has 1 heterocycles. The van der Waals surface area contributed by atoms with Gasteiger partial charge in [0.05, 0.1) is 12.0 Å². The van der Waals surface area contributed by atoms with Gasteiger partial charge in [-0.25, -0.2) is 4.98 Å². The Morgan fingerprint density at radius 3 is 2.44 bits per heavy atom. The molecule has 1 aromatic carbocycles. The van der Waals surface area contributed by atoms with E-state index < -0.39 is 0 Å². The van der Waals surface area contributed by atoms with Crippen molar-refractivity contribution in [2.24, 2.45) is 0 Å². The minimum atomic E-state index is 0.683. The summed E-state index contributed by atoms with van der Waals surface area (Å²) in [6.07, 6.45) is 2.55. The third-order valence-corrected chi connectivity index (χ3v) is 3.33. The van der Waals surface area contributed by atoms with Crippen LogP contribution in [0.15, 0.2) is 30.6 Å². The Bertz CT molecular complexity index is 585. The first kappa shape index (κ1) is 12.8. The summed E-state index contributed by atoms with van der Waals surface area (Å²) in [5, 5.41) is 0. The lowest BCUT2D eigenvalue weighted by Crippen LogP contribution is -2.08. The van der Waals surface area contributed by atoms with Crippen molar-refractivity contribution in [1.29, 1.82) is 0 Å². The Morgan fingerprint density at radius 2 is 1.89 bits per heavy atom. The second kappa shape index (κ2) is 5.31. The molecule has 1 N–H and O–H groups in total. The van der Waals surface area contributed by atoms with E-state index in [1.807, 2.05) is 14.1 Å². The van der Waals surface area contributed by atoms with Crippen LogP contribution in [-0.4, -0.2) is 24.1 Å². The molecule has 0 fully saturated rings. The predicted octanol–water partition coefficient (Wildman–Crippen LogP) is 3.43. The zero-order valence-corrected chi connectivity index (χ0v) is 11.7. The van der Waals surface area contributed by atoms with Crippen molar-refractivity contribution in [3.63, 3.8) is 0 Å². The minimum Gasteiger partial charge on any atom is -0.378 e. The number of anilines is 1. The topological polar surface area (TPSA) is 31.9 Å². The summed E-state index contributed by atoms with van der Waals surface area (Å²) in [6, 6.07) is 8.42. The Balaban J connectivity index is 2.49. The zero-order chi connectivity index (χ0) is 13.1. The molecule has 0 radical (unpaired) electrons. The summed E-state index contributed by atoms with van der Waals surface area (Å²) in [4.78, 5) is 9.42. The molecule has 0 aliphatic rings. The average Bonchev–Trinajstić information content (AvgIpc) is 2.38. The summed E-state index contributed by atoms with van der Waals surface area (Å²) >= 11 is 5.27. The molecule has 2 aromatic rings. The van der Waals surface area contributed by atoms with Crippen molar-refractivity contribution < 1.29 is 0 Å². The van der Waals surface area contributed by atoms with Crippen molar-refractivity contribution in [1.82, 2.24) is 9.97 Å². The highest BCUT2D eigenvalue weighted by atomic mass is 32.1. The minimum absolute atomic E-state index is 0.683. The van der Waals surface area contributed by atoms with Gasteiger partial charge in [0, 0.05) is 25.3 Å². The van der Waals surface area contributed by atoms with Gasteiger partial charge in [-0.05, 0) is 24.1 Å². The van der Waals surface area contributed by atoms with Crippen LogP contribution in [0.1, 0.15) is 12.5 Å². The molecule has 0 aliphatic carbocycles. The highest BCUT2D eigenvalue weighted by Gasteiger charge is 2.06. The molecule has 1 aromatic heterocycles. The molecular formula is C14H17N3S. The van der Waals surface area contributed by atoms with Gasteiger partial charge in [0.2, 0.25) is 0 Å². The van der Waals surface area contributed by atoms with Crippen LogP contribution in [0.2, 0.25) is 0 Å². The molecule has 0 unspecified atom stereocenters. The molecule has 0 atom stereocenters. The molecule has 94 valence electrons. The monoisotopic (exact) mass is 259 g/mol. The highest BCUT2D eigenvalue weighted by molar-refractivity contribution is 7.71. The van der Waals surface area contributed by atoms with Crippen molar-refractivity contribution in [2.75, 3.05) is 19.0 Å². The van der Waals surface area contributed by atoms with Crippen LogP contribution in [0.3, 0.4) is 0 Å². The molecule has 2 rings (SSSR count). The van der Waals surface area contributed by atoms with Crippen molar-refractivity contribution in [3.8, 4) is 11.3 Å². The molecule has 0 bridgehead atoms. The Kier molecular flexibility index (Phi) is 3.77. The van der Waals surface area contributed by atoms with Crippen molar-refractivity contribution >= 4 is 17.9 Å². The summed E-state index contributed by atoms with van der Waals surface area (Å²) < 4.78 is 0.683. The molecule has 18 heavy (non-hydrogen) atoms. The highest BCUT2D eigenvalue weighted by Crippen LogP contribution is 2.24. The number of H-pyrrole nitrogens is 1. The maximum absolute atomic E-state index is 5.27. The van der Waals surface area contributed by atoms with Crippen LogP contribution in [0.4, 0.5) is 5.69 Å². The Hall–Kier alpha value is -1.68. The largest absolute Gasteiger partial charge is 0.378 e. The van der Waals surface area contributed by atoms with Gasteiger partial charge in [-0.15, -0.1) is 0 Å². The van der Waals surface area contributed by atoms with E-state index >= 15 is 0 Å². The second-order valence-corrected chi connectivity index (χ2v) is 4.74. The zero-order valence-electron chi connectivity index (χ0n) is 10.9. The number of aromatic amines is 1. The van der Waals surface area contributed by atoms with Gasteiger partial charge in [0.25, 0.3) is 0 Å². The number of hydrogen-bond acceptors (Lipinski definition) is 3. The number of hydrogen-bond donors (Lipinski definition) is 1. The quantitative estimate of drug-likeness (QED) is 0.857. The van der Waals surface area contributed by atoms with Crippen LogP contribution < -0.4 is 4.90 Å². The first-order chi connectivity index (χ1) is 8.63. The lowest BCUT2D eigenvalue weighted by molar-refractivity contribution is 1.04. The van der Waals surface area contributed by atoms with E-state index in [-0.39, 0.29) is 0 Å². The molecule has 0 aliphatic heterocycles. The normalized spacial score (nSPS) is 10.4. The van der Waals surface area contributed by atoms with Gasteiger partial charge < -0.3 is 9.88 Å². The first-order valence-corrected chi connectivity index (χ1v) is 6.38. The maximum Gasteiger partial charge on any atom is 0.133 e. The standard InChI is InChI=1S/C14H17N3S/c1-4-12-13(15-9-16-14(12)18)10-5-7-11(8-6-10)17(2)3/h5-9H,4H2,1-3H3,(H,15,16,18). The molecule has 0 amide bonds. The molecule has 0 saturated heterocycles. The maximum atomic E-state index is 5.27. The number of aromatic nitrogens is 2. The first-order valence-electron chi connectivity index (χ1n) is 5.97. The molecule has 3 nitrogen and oxygen atoms in total. The van der Waals surface area contributed by atoms with E-state index in [0.29, 0.717) is 4.64 Å². The fourth-order valence-electron chi connectivity index (χ4n) is 1.94. The van der Waals surface area contributed by atoms with Crippen LogP contribution in [-0.2, 0) is 6.42 Å². The third-order valence-electron chi connectivity index (χ3n) is 2.98. The van der Waals surface area contributed by atoms with E-state index in [1.54, 1.807) is 6.33 Å². The van der Waals surface area contributed by atoms with Gasteiger partial charge in [-0.1, -0.05) is 31.3 Å². The number of rotatable bonds is 3. The van der Waals surface area contributed by atoms with Crippen molar-refractivity contribution in [2.45, 2.75) is 13.3 Å². The molecule has 4 heteroatoms. The van der Waals surface area contributed by atoms with Crippen LogP contribution >= 0.6 is 12.2 Å². The van der Waals surface area contributed by atoms with E-state index in [4.69, 9.17) is 12.2 Å². The number of nitrogens with one attached hydrogen (secondary N) is 1. The summed E-state index contributed by atoms with van der Waals surface area (Å²) in [6.45, 7) is 2.10. The lowest BCUT2D eigenvalue weighted by atomic mass is 10.1. The number of benzene rings is 1. The third kappa shape index (κ3) is 2.43. The van der Waals surface area contributed by atoms with Crippen LogP contribution in [0.25, 0.3) is 11.3 Å². The second-order valence-electron chi connectivity index (χ2n) is 4.36. The van der Waals surface area contributed by atoms with Crippen LogP contribution in [0.5, 0.6) is 0 Å². The predicted molar refractivity (Wildman–Crippen MR) is 78.6 cm³/mol. The van der Waals surface area contributed by atoms with Gasteiger partial charge in [0.1, 0.15) is 4.64 Å². The molecule has 0 saturated carbocycles. The Labute approximate surface area is 113 Å².